The SMILES string of the molecule is CC1CN(CCCCNC(=O)c2ccc3ncccc3c2)CC(C)O1. The van der Waals surface area contributed by atoms with Gasteiger partial charge in [0.1, 0.15) is 0 Å². The Bertz CT molecular complexity index is 709. The monoisotopic (exact) mass is 341 g/mol. The molecule has 5 heteroatoms. The third kappa shape index (κ3) is 5.00. The van der Waals surface area contributed by atoms with Crippen molar-refractivity contribution in [3.8, 4) is 0 Å². The Morgan fingerprint density at radius 3 is 2.84 bits per heavy atom. The van der Waals surface area contributed by atoms with Crippen molar-refractivity contribution >= 4 is 16.8 Å². The Morgan fingerprint density at radius 2 is 2.04 bits per heavy atom. The van der Waals surface area contributed by atoms with E-state index < -0.39 is 0 Å². The normalized spacial score (nSPS) is 21.4. The minimum Gasteiger partial charge on any atom is -0.373 e. The zero-order valence-electron chi connectivity index (χ0n) is 15.1. The number of carbonyl (C=O) groups excluding carboxylic acids is 1. The molecule has 0 spiro atoms. The number of benzene rings is 1. The lowest BCUT2D eigenvalue weighted by molar-refractivity contribution is -0.0681. The van der Waals surface area contributed by atoms with Crippen LogP contribution in [0.3, 0.4) is 0 Å². The molecule has 1 aliphatic heterocycles. The number of hydrogen-bond acceptors (Lipinski definition) is 4. The molecule has 0 radical (unpaired) electrons. The summed E-state index contributed by atoms with van der Waals surface area (Å²) in [6, 6.07) is 9.49. The summed E-state index contributed by atoms with van der Waals surface area (Å²) in [6.45, 7) is 8.03. The van der Waals surface area contributed by atoms with Gasteiger partial charge in [-0.25, -0.2) is 0 Å². The average molecular weight is 341 g/mol. The van der Waals surface area contributed by atoms with Gasteiger partial charge in [-0.3, -0.25) is 14.7 Å². The van der Waals surface area contributed by atoms with Gasteiger partial charge in [-0.1, -0.05) is 6.07 Å². The van der Waals surface area contributed by atoms with E-state index in [0.29, 0.717) is 24.3 Å². The molecule has 3 rings (SSSR count). The van der Waals surface area contributed by atoms with Gasteiger partial charge >= 0.3 is 0 Å². The molecule has 2 atom stereocenters. The highest BCUT2D eigenvalue weighted by Gasteiger charge is 2.21. The minimum atomic E-state index is -0.0145. The summed E-state index contributed by atoms with van der Waals surface area (Å²) in [7, 11) is 0. The van der Waals surface area contributed by atoms with Gasteiger partial charge in [0.15, 0.2) is 0 Å². The third-order valence-electron chi connectivity index (χ3n) is 4.55. The summed E-state index contributed by atoms with van der Waals surface area (Å²) in [5.41, 5.74) is 1.60. The largest absolute Gasteiger partial charge is 0.373 e. The zero-order valence-corrected chi connectivity index (χ0v) is 15.1. The average Bonchev–Trinajstić information content (AvgIpc) is 2.60. The number of carbonyl (C=O) groups is 1. The standard InChI is InChI=1S/C20H27N3O2/c1-15-13-23(14-16(2)25-15)11-4-3-9-22-20(24)18-7-8-19-17(12-18)6-5-10-21-19/h5-8,10,12,15-16H,3-4,9,11,13-14H2,1-2H3,(H,22,24). The number of hydrogen-bond donors (Lipinski definition) is 1. The first-order valence-corrected chi connectivity index (χ1v) is 9.12. The number of aromatic nitrogens is 1. The van der Waals surface area contributed by atoms with Crippen molar-refractivity contribution in [1.82, 2.24) is 15.2 Å². The molecule has 0 saturated carbocycles. The van der Waals surface area contributed by atoms with Gasteiger partial charge in [0.25, 0.3) is 5.91 Å². The second kappa shape index (κ2) is 8.41. The van der Waals surface area contributed by atoms with Crippen molar-refractivity contribution in [2.75, 3.05) is 26.2 Å². The fourth-order valence-electron chi connectivity index (χ4n) is 3.45. The van der Waals surface area contributed by atoms with E-state index in [-0.39, 0.29) is 5.91 Å². The van der Waals surface area contributed by atoms with Gasteiger partial charge in [0.05, 0.1) is 17.7 Å². The number of nitrogens with one attached hydrogen (secondary N) is 1. The quantitative estimate of drug-likeness (QED) is 0.821. The second-order valence-corrected chi connectivity index (χ2v) is 6.89. The molecule has 2 heterocycles. The van der Waals surface area contributed by atoms with Crippen LogP contribution in [0.2, 0.25) is 0 Å². The van der Waals surface area contributed by atoms with Crippen LogP contribution in [-0.2, 0) is 4.74 Å². The van der Waals surface area contributed by atoms with Crippen molar-refractivity contribution in [3.05, 3.63) is 42.1 Å². The summed E-state index contributed by atoms with van der Waals surface area (Å²) in [4.78, 5) is 19.0. The van der Waals surface area contributed by atoms with Crippen LogP contribution in [-0.4, -0.2) is 54.2 Å². The van der Waals surface area contributed by atoms with Crippen molar-refractivity contribution < 1.29 is 9.53 Å². The van der Waals surface area contributed by atoms with Gasteiger partial charge in [0, 0.05) is 36.8 Å². The van der Waals surface area contributed by atoms with Crippen LogP contribution in [0, 0.1) is 0 Å². The lowest BCUT2D eigenvalue weighted by Crippen LogP contribution is -2.45. The summed E-state index contributed by atoms with van der Waals surface area (Å²) < 4.78 is 5.75. The van der Waals surface area contributed by atoms with Crippen LogP contribution in [0.25, 0.3) is 10.9 Å². The molecule has 1 aromatic heterocycles. The molecule has 1 saturated heterocycles. The minimum absolute atomic E-state index is 0.0145. The Morgan fingerprint density at radius 1 is 1.24 bits per heavy atom. The molecule has 1 aromatic carbocycles. The Balaban J connectivity index is 1.40. The van der Waals surface area contributed by atoms with E-state index in [1.165, 1.54) is 0 Å². The number of fused-ring (bicyclic) bond motifs is 1. The number of nitrogens with zero attached hydrogens (tertiary/aromatic N) is 2. The summed E-state index contributed by atoms with van der Waals surface area (Å²) in [5, 5.41) is 4.01. The number of ether oxygens (including phenoxy) is 1. The Hall–Kier alpha value is -1.98. The van der Waals surface area contributed by atoms with Crippen molar-refractivity contribution in [2.45, 2.75) is 38.9 Å². The molecule has 1 N–H and O–H groups in total. The molecule has 1 aliphatic rings. The van der Waals surface area contributed by atoms with E-state index in [1.54, 1.807) is 6.20 Å². The Labute approximate surface area is 149 Å². The number of amides is 1. The molecule has 2 aromatic rings. The fraction of sp³-hybridized carbons (Fsp3) is 0.500. The molecule has 2 unspecified atom stereocenters. The van der Waals surface area contributed by atoms with Crippen molar-refractivity contribution in [2.24, 2.45) is 0 Å². The van der Waals surface area contributed by atoms with Gasteiger partial charge in [-0.05, 0) is 57.5 Å². The highest BCUT2D eigenvalue weighted by Crippen LogP contribution is 2.13. The summed E-state index contributed by atoms with van der Waals surface area (Å²) in [6.07, 6.45) is 4.46. The van der Waals surface area contributed by atoms with Gasteiger partial charge in [0.2, 0.25) is 0 Å². The van der Waals surface area contributed by atoms with Crippen LogP contribution < -0.4 is 5.32 Å². The maximum atomic E-state index is 12.3. The van der Waals surface area contributed by atoms with Crippen LogP contribution in [0.15, 0.2) is 36.5 Å². The highest BCUT2D eigenvalue weighted by molar-refractivity contribution is 5.97. The molecule has 0 bridgehead atoms. The maximum absolute atomic E-state index is 12.3. The van der Waals surface area contributed by atoms with Crippen molar-refractivity contribution in [1.29, 1.82) is 0 Å². The fourth-order valence-corrected chi connectivity index (χ4v) is 3.45. The van der Waals surface area contributed by atoms with E-state index in [9.17, 15) is 4.79 Å². The summed E-state index contributed by atoms with van der Waals surface area (Å²) in [5.74, 6) is -0.0145. The van der Waals surface area contributed by atoms with Gasteiger partial charge in [-0.15, -0.1) is 0 Å². The lowest BCUT2D eigenvalue weighted by atomic mass is 10.1. The zero-order chi connectivity index (χ0) is 17.6. The topological polar surface area (TPSA) is 54.5 Å². The van der Waals surface area contributed by atoms with E-state index in [4.69, 9.17) is 4.74 Å². The van der Waals surface area contributed by atoms with Crippen LogP contribution in [0.5, 0.6) is 0 Å². The Kier molecular flexibility index (Phi) is 6.00. The smallest absolute Gasteiger partial charge is 0.251 e. The molecule has 134 valence electrons. The predicted molar refractivity (Wildman–Crippen MR) is 99.8 cm³/mol. The van der Waals surface area contributed by atoms with Crippen molar-refractivity contribution in [3.63, 3.8) is 0 Å². The van der Waals surface area contributed by atoms with E-state index in [0.717, 1.165) is 43.4 Å². The number of pyridine rings is 1. The van der Waals surface area contributed by atoms with Gasteiger partial charge in [-0.2, -0.15) is 0 Å². The summed E-state index contributed by atoms with van der Waals surface area (Å²) >= 11 is 0. The molecule has 25 heavy (non-hydrogen) atoms. The highest BCUT2D eigenvalue weighted by atomic mass is 16.5. The first kappa shape index (κ1) is 17.8. The molecular weight excluding hydrogens is 314 g/mol. The van der Waals surface area contributed by atoms with Crippen LogP contribution >= 0.6 is 0 Å². The molecule has 5 nitrogen and oxygen atoms in total. The predicted octanol–water partition coefficient (Wildman–Crippen LogP) is 2.85. The number of rotatable bonds is 6. The first-order chi connectivity index (χ1) is 12.1. The number of unbranched alkanes of at least 4 members (excludes halogenated alkanes) is 1. The van der Waals surface area contributed by atoms with Crippen LogP contribution in [0.1, 0.15) is 37.0 Å². The maximum Gasteiger partial charge on any atom is 0.251 e. The molecule has 1 fully saturated rings. The third-order valence-corrected chi connectivity index (χ3v) is 4.55. The van der Waals surface area contributed by atoms with Crippen LogP contribution in [0.4, 0.5) is 0 Å². The number of morpholine rings is 1. The van der Waals surface area contributed by atoms with E-state index in [1.807, 2.05) is 30.3 Å². The van der Waals surface area contributed by atoms with Gasteiger partial charge < -0.3 is 10.1 Å². The molecule has 0 aliphatic carbocycles. The first-order valence-electron chi connectivity index (χ1n) is 9.12. The second-order valence-electron chi connectivity index (χ2n) is 6.89. The van der Waals surface area contributed by atoms with E-state index >= 15 is 0 Å². The molecular formula is C20H27N3O2. The van der Waals surface area contributed by atoms with E-state index in [2.05, 4.69) is 29.0 Å². The molecule has 1 amide bonds. The lowest BCUT2D eigenvalue weighted by Gasteiger charge is -2.35.